The highest BCUT2D eigenvalue weighted by Crippen LogP contribution is 2.23. The van der Waals surface area contributed by atoms with Gasteiger partial charge in [-0.2, -0.15) is 0 Å². The number of halogens is 1. The fourth-order valence-electron chi connectivity index (χ4n) is 0.779. The first kappa shape index (κ1) is 12.0. The summed E-state index contributed by atoms with van der Waals surface area (Å²) in [6.07, 6.45) is 2.53. The van der Waals surface area contributed by atoms with Crippen molar-refractivity contribution in [3.63, 3.8) is 0 Å². The molecular weight excluding hydrogens is 262 g/mol. The van der Waals surface area contributed by atoms with E-state index in [9.17, 15) is 5.11 Å². The summed E-state index contributed by atoms with van der Waals surface area (Å²) >= 11 is 4.91. The fraction of sp³-hybridized carbons (Fsp3) is 0.500. The molecule has 0 aliphatic carbocycles. The molecule has 14 heavy (non-hydrogen) atoms. The molecule has 1 aromatic rings. The maximum atomic E-state index is 9.78. The van der Waals surface area contributed by atoms with Gasteiger partial charge in [0.1, 0.15) is 0 Å². The largest absolute Gasteiger partial charge is 0.389 e. The summed E-state index contributed by atoms with van der Waals surface area (Å²) in [5.74, 6) is 0.679. The van der Waals surface area contributed by atoms with E-state index in [0.717, 1.165) is 15.9 Å². The second-order valence-corrected chi connectivity index (χ2v) is 5.37. The highest BCUT2D eigenvalue weighted by molar-refractivity contribution is 9.10. The van der Waals surface area contributed by atoms with Crippen molar-refractivity contribution in [2.24, 2.45) is 0 Å². The molecule has 4 heteroatoms. The van der Waals surface area contributed by atoms with Crippen molar-refractivity contribution in [2.75, 3.05) is 5.75 Å². The Morgan fingerprint density at radius 2 is 2.29 bits per heavy atom. The fourth-order valence-corrected chi connectivity index (χ4v) is 1.97. The number of nitrogens with zero attached hydrogens (tertiary/aromatic N) is 1. The molecule has 0 aromatic carbocycles. The molecule has 0 radical (unpaired) electrons. The van der Waals surface area contributed by atoms with Gasteiger partial charge in [-0.1, -0.05) is 6.92 Å². The van der Waals surface area contributed by atoms with Crippen LogP contribution in [0.15, 0.2) is 27.8 Å². The molecule has 1 aromatic heterocycles. The van der Waals surface area contributed by atoms with Gasteiger partial charge < -0.3 is 5.11 Å². The Morgan fingerprint density at radius 3 is 2.79 bits per heavy atom. The van der Waals surface area contributed by atoms with Gasteiger partial charge in [0, 0.05) is 16.4 Å². The van der Waals surface area contributed by atoms with Gasteiger partial charge in [-0.3, -0.25) is 0 Å². The number of aromatic nitrogens is 1. The molecule has 0 saturated heterocycles. The van der Waals surface area contributed by atoms with Gasteiger partial charge in [0.2, 0.25) is 0 Å². The Balaban J connectivity index is 2.50. The van der Waals surface area contributed by atoms with Gasteiger partial charge in [0.25, 0.3) is 0 Å². The van der Waals surface area contributed by atoms with Crippen LogP contribution in [0.4, 0.5) is 0 Å². The van der Waals surface area contributed by atoms with Crippen molar-refractivity contribution >= 4 is 27.7 Å². The van der Waals surface area contributed by atoms with Gasteiger partial charge in [-0.15, -0.1) is 11.8 Å². The van der Waals surface area contributed by atoms with Crippen molar-refractivity contribution < 1.29 is 5.11 Å². The molecule has 1 atom stereocenters. The summed E-state index contributed by atoms with van der Waals surface area (Å²) in [5, 5.41) is 10.7. The van der Waals surface area contributed by atoms with Crippen LogP contribution in [0, 0.1) is 0 Å². The third-order valence-electron chi connectivity index (χ3n) is 1.99. The van der Waals surface area contributed by atoms with Gasteiger partial charge in [0.05, 0.1) is 10.6 Å². The van der Waals surface area contributed by atoms with Crippen molar-refractivity contribution in [1.82, 2.24) is 4.98 Å². The topological polar surface area (TPSA) is 33.1 Å². The zero-order valence-corrected chi connectivity index (χ0v) is 10.7. The van der Waals surface area contributed by atoms with Gasteiger partial charge in [-0.25, -0.2) is 4.98 Å². The van der Waals surface area contributed by atoms with E-state index in [4.69, 9.17) is 0 Å². The second-order valence-electron chi connectivity index (χ2n) is 3.45. The van der Waals surface area contributed by atoms with Crippen LogP contribution in [0.1, 0.15) is 20.3 Å². The number of thioether (sulfide) groups is 1. The lowest BCUT2D eigenvalue weighted by Gasteiger charge is -2.19. The molecule has 1 unspecified atom stereocenters. The van der Waals surface area contributed by atoms with Crippen LogP contribution in [0.25, 0.3) is 0 Å². The third-order valence-corrected chi connectivity index (χ3v) is 3.77. The van der Waals surface area contributed by atoms with E-state index in [1.54, 1.807) is 18.0 Å². The lowest BCUT2D eigenvalue weighted by Crippen LogP contribution is -2.25. The first-order chi connectivity index (χ1) is 6.53. The number of rotatable bonds is 4. The molecular formula is C10H14BrNOS. The average Bonchev–Trinajstić information content (AvgIpc) is 2.17. The zero-order valence-electron chi connectivity index (χ0n) is 8.33. The monoisotopic (exact) mass is 275 g/mol. The summed E-state index contributed by atoms with van der Waals surface area (Å²) in [6.45, 7) is 3.83. The number of hydrogen-bond donors (Lipinski definition) is 1. The predicted octanol–water partition coefficient (Wildman–Crippen LogP) is 3.10. The minimum Gasteiger partial charge on any atom is -0.389 e. The van der Waals surface area contributed by atoms with Crippen LogP contribution in [0.5, 0.6) is 0 Å². The van der Waals surface area contributed by atoms with Gasteiger partial charge >= 0.3 is 0 Å². The second kappa shape index (κ2) is 5.14. The normalized spacial score (nSPS) is 15.1. The molecule has 1 rings (SSSR count). The van der Waals surface area contributed by atoms with E-state index >= 15 is 0 Å². The summed E-state index contributed by atoms with van der Waals surface area (Å²) < 4.78 is 0.976. The maximum absolute atomic E-state index is 9.78. The number of pyridine rings is 1. The van der Waals surface area contributed by atoms with Crippen molar-refractivity contribution in [2.45, 2.75) is 30.9 Å². The van der Waals surface area contributed by atoms with Crippen molar-refractivity contribution in [1.29, 1.82) is 0 Å². The minimum absolute atomic E-state index is 0.598. The Morgan fingerprint density at radius 1 is 1.57 bits per heavy atom. The van der Waals surface area contributed by atoms with Crippen LogP contribution in [-0.2, 0) is 0 Å². The number of hydrogen-bond acceptors (Lipinski definition) is 3. The molecule has 0 amide bonds. The lowest BCUT2D eigenvalue weighted by molar-refractivity contribution is 0.0815. The molecule has 2 nitrogen and oxygen atoms in total. The predicted molar refractivity (Wildman–Crippen MR) is 63.6 cm³/mol. The standard InChI is InChI=1S/C10H14BrNOS/c1-3-10(2,13)7-14-9-5-4-8(11)6-12-9/h4-6,13H,3,7H2,1-2H3. The Kier molecular flexibility index (Phi) is 4.41. The van der Waals surface area contributed by atoms with E-state index in [-0.39, 0.29) is 0 Å². The van der Waals surface area contributed by atoms with E-state index in [1.165, 1.54) is 0 Å². The smallest absolute Gasteiger partial charge is 0.0961 e. The Labute approximate surface area is 97.3 Å². The molecule has 0 spiro atoms. The highest BCUT2D eigenvalue weighted by Gasteiger charge is 2.17. The SMILES string of the molecule is CCC(C)(O)CSc1ccc(Br)cn1. The molecule has 0 fully saturated rings. The molecule has 78 valence electrons. The van der Waals surface area contributed by atoms with Crippen LogP contribution in [-0.4, -0.2) is 21.4 Å². The van der Waals surface area contributed by atoms with E-state index in [2.05, 4.69) is 20.9 Å². The zero-order chi connectivity index (χ0) is 10.6. The van der Waals surface area contributed by atoms with Crippen molar-refractivity contribution in [3.8, 4) is 0 Å². The minimum atomic E-state index is -0.598. The summed E-state index contributed by atoms with van der Waals surface area (Å²) in [4.78, 5) is 4.22. The summed E-state index contributed by atoms with van der Waals surface area (Å²) in [6, 6.07) is 3.90. The lowest BCUT2D eigenvalue weighted by atomic mass is 10.1. The molecule has 0 aliphatic heterocycles. The first-order valence-corrected chi connectivity index (χ1v) is 6.28. The number of aliphatic hydroxyl groups is 1. The molecule has 0 aliphatic rings. The maximum Gasteiger partial charge on any atom is 0.0961 e. The van der Waals surface area contributed by atoms with E-state index in [1.807, 2.05) is 26.0 Å². The first-order valence-electron chi connectivity index (χ1n) is 4.50. The Bertz CT molecular complexity index is 287. The molecule has 1 heterocycles. The quantitative estimate of drug-likeness (QED) is 0.858. The average molecular weight is 276 g/mol. The van der Waals surface area contributed by atoms with Crippen LogP contribution < -0.4 is 0 Å². The highest BCUT2D eigenvalue weighted by atomic mass is 79.9. The van der Waals surface area contributed by atoms with Crippen LogP contribution in [0.2, 0.25) is 0 Å². The van der Waals surface area contributed by atoms with Crippen molar-refractivity contribution in [3.05, 3.63) is 22.8 Å². The third kappa shape index (κ3) is 3.98. The molecule has 0 saturated carbocycles. The van der Waals surface area contributed by atoms with Crippen LogP contribution in [0.3, 0.4) is 0 Å². The molecule has 0 bridgehead atoms. The van der Waals surface area contributed by atoms with Gasteiger partial charge in [0.15, 0.2) is 0 Å². The van der Waals surface area contributed by atoms with Gasteiger partial charge in [-0.05, 0) is 41.4 Å². The Hall–Kier alpha value is -0.0600. The summed E-state index contributed by atoms with van der Waals surface area (Å²) in [5.41, 5.74) is -0.598. The molecule has 1 N–H and O–H groups in total. The van der Waals surface area contributed by atoms with E-state index in [0.29, 0.717) is 5.75 Å². The van der Waals surface area contributed by atoms with E-state index < -0.39 is 5.60 Å². The van der Waals surface area contributed by atoms with Crippen LogP contribution >= 0.6 is 27.7 Å². The summed E-state index contributed by atoms with van der Waals surface area (Å²) in [7, 11) is 0.